The van der Waals surface area contributed by atoms with Gasteiger partial charge in [-0.25, -0.2) is 13.4 Å². The van der Waals surface area contributed by atoms with E-state index in [1.807, 2.05) is 0 Å². The molecule has 0 saturated heterocycles. The van der Waals surface area contributed by atoms with Crippen molar-refractivity contribution in [1.82, 2.24) is 4.98 Å². The molecule has 0 aliphatic heterocycles. The van der Waals surface area contributed by atoms with Crippen LogP contribution in [0, 0.1) is 6.92 Å². The maximum absolute atomic E-state index is 12.7. The van der Waals surface area contributed by atoms with E-state index in [1.54, 1.807) is 31.2 Å². The van der Waals surface area contributed by atoms with Crippen LogP contribution < -0.4 is 9.46 Å². The minimum Gasteiger partial charge on any atom is -0.495 e. The first-order valence-electron chi connectivity index (χ1n) is 6.63. The molecule has 2 aromatic carbocycles. The van der Waals surface area contributed by atoms with E-state index in [9.17, 15) is 8.42 Å². The molecule has 8 heteroatoms. The molecular formula is C15H13ClN2O4S. The number of aryl methyl sites for hydroxylation is 1. The van der Waals surface area contributed by atoms with Gasteiger partial charge in [-0.2, -0.15) is 0 Å². The number of hydrogen-bond acceptors (Lipinski definition) is 5. The van der Waals surface area contributed by atoms with Crippen molar-refractivity contribution < 1.29 is 17.6 Å². The molecular weight excluding hydrogens is 340 g/mol. The number of methoxy groups -OCH3 is 1. The van der Waals surface area contributed by atoms with Gasteiger partial charge in [-0.15, -0.1) is 0 Å². The van der Waals surface area contributed by atoms with Crippen LogP contribution in [0.5, 0.6) is 5.75 Å². The number of hydrogen-bond donors (Lipinski definition) is 1. The van der Waals surface area contributed by atoms with E-state index >= 15 is 0 Å². The van der Waals surface area contributed by atoms with Gasteiger partial charge in [0.1, 0.15) is 16.2 Å². The molecule has 0 unspecified atom stereocenters. The van der Waals surface area contributed by atoms with Crippen molar-refractivity contribution in [1.29, 1.82) is 0 Å². The average Bonchev–Trinajstić information content (AvgIpc) is 2.88. The topological polar surface area (TPSA) is 81.4 Å². The molecule has 120 valence electrons. The summed E-state index contributed by atoms with van der Waals surface area (Å²) in [6, 6.07) is 9.41. The minimum atomic E-state index is -3.91. The lowest BCUT2D eigenvalue weighted by molar-refractivity contribution is 0.403. The fraction of sp³-hybridized carbons (Fsp3) is 0.133. The Bertz CT molecular complexity index is 982. The first kappa shape index (κ1) is 15.6. The fourth-order valence-electron chi connectivity index (χ4n) is 2.20. The standard InChI is InChI=1S/C15H13ClN2O4S/c1-9-17-11-4-3-5-12(15(11)22-9)18-23(19,20)14-8-10(16)6-7-13(14)21-2/h3-8,18H,1-2H3. The van der Waals surface area contributed by atoms with Crippen molar-refractivity contribution in [3.63, 3.8) is 0 Å². The number of nitrogens with one attached hydrogen (secondary N) is 1. The molecule has 0 saturated carbocycles. The molecule has 0 aliphatic rings. The van der Waals surface area contributed by atoms with Crippen LogP contribution in [0.2, 0.25) is 5.02 Å². The number of sulfonamides is 1. The van der Waals surface area contributed by atoms with Crippen LogP contribution in [0.3, 0.4) is 0 Å². The summed E-state index contributed by atoms with van der Waals surface area (Å²) >= 11 is 5.90. The van der Waals surface area contributed by atoms with Crippen molar-refractivity contribution in [2.24, 2.45) is 0 Å². The van der Waals surface area contributed by atoms with Crippen molar-refractivity contribution in [2.75, 3.05) is 11.8 Å². The van der Waals surface area contributed by atoms with Gasteiger partial charge in [0.25, 0.3) is 10.0 Å². The van der Waals surface area contributed by atoms with Crippen molar-refractivity contribution in [2.45, 2.75) is 11.8 Å². The maximum Gasteiger partial charge on any atom is 0.265 e. The first-order chi connectivity index (χ1) is 10.9. The summed E-state index contributed by atoms with van der Waals surface area (Å²) in [7, 11) is -2.52. The fourth-order valence-corrected chi connectivity index (χ4v) is 3.70. The number of rotatable bonds is 4. The van der Waals surface area contributed by atoms with Crippen LogP contribution in [0.15, 0.2) is 45.7 Å². The highest BCUT2D eigenvalue weighted by atomic mass is 35.5. The largest absolute Gasteiger partial charge is 0.495 e. The van der Waals surface area contributed by atoms with Gasteiger partial charge < -0.3 is 9.15 Å². The van der Waals surface area contributed by atoms with Gasteiger partial charge in [-0.05, 0) is 30.3 Å². The minimum absolute atomic E-state index is 0.0549. The van der Waals surface area contributed by atoms with Crippen LogP contribution in [-0.4, -0.2) is 20.5 Å². The number of anilines is 1. The third-order valence-corrected chi connectivity index (χ3v) is 4.80. The number of halogens is 1. The Hall–Kier alpha value is -2.25. The second-order valence-electron chi connectivity index (χ2n) is 4.79. The molecule has 3 rings (SSSR count). The van der Waals surface area contributed by atoms with Gasteiger partial charge in [0.2, 0.25) is 0 Å². The molecule has 0 amide bonds. The van der Waals surface area contributed by atoms with Gasteiger partial charge in [0.15, 0.2) is 11.5 Å². The first-order valence-corrected chi connectivity index (χ1v) is 8.49. The lowest BCUT2D eigenvalue weighted by Crippen LogP contribution is -2.14. The van der Waals surface area contributed by atoms with Gasteiger partial charge in [0, 0.05) is 11.9 Å². The highest BCUT2D eigenvalue weighted by Gasteiger charge is 2.22. The Morgan fingerprint density at radius 3 is 2.78 bits per heavy atom. The van der Waals surface area contributed by atoms with Gasteiger partial charge >= 0.3 is 0 Å². The molecule has 23 heavy (non-hydrogen) atoms. The molecule has 3 aromatic rings. The third-order valence-electron chi connectivity index (χ3n) is 3.18. The summed E-state index contributed by atoms with van der Waals surface area (Å²) in [6.45, 7) is 1.69. The quantitative estimate of drug-likeness (QED) is 0.775. The number of nitrogens with zero attached hydrogens (tertiary/aromatic N) is 1. The average molecular weight is 353 g/mol. The number of aromatic nitrogens is 1. The number of oxazole rings is 1. The zero-order chi connectivity index (χ0) is 16.6. The van der Waals surface area contributed by atoms with Crippen LogP contribution in [-0.2, 0) is 10.0 Å². The third kappa shape index (κ3) is 2.97. The van der Waals surface area contributed by atoms with Crippen LogP contribution in [0.1, 0.15) is 5.89 Å². The van der Waals surface area contributed by atoms with Gasteiger partial charge in [-0.1, -0.05) is 17.7 Å². The molecule has 0 spiro atoms. The van der Waals surface area contributed by atoms with Crippen LogP contribution in [0.25, 0.3) is 11.1 Å². The highest BCUT2D eigenvalue weighted by molar-refractivity contribution is 7.92. The maximum atomic E-state index is 12.7. The van der Waals surface area contributed by atoms with E-state index in [4.69, 9.17) is 20.8 Å². The molecule has 0 bridgehead atoms. The van der Waals surface area contributed by atoms with E-state index in [-0.39, 0.29) is 10.6 Å². The second-order valence-corrected chi connectivity index (χ2v) is 6.87. The Kier molecular flexibility index (Phi) is 3.91. The molecule has 1 N–H and O–H groups in total. The van der Waals surface area contributed by atoms with E-state index < -0.39 is 10.0 Å². The van der Waals surface area contributed by atoms with Crippen molar-refractivity contribution >= 4 is 38.4 Å². The SMILES string of the molecule is COc1ccc(Cl)cc1S(=O)(=O)Nc1cccc2nc(C)oc12. The highest BCUT2D eigenvalue weighted by Crippen LogP contribution is 2.31. The molecule has 0 radical (unpaired) electrons. The van der Waals surface area contributed by atoms with E-state index in [0.29, 0.717) is 27.7 Å². The van der Waals surface area contributed by atoms with Crippen molar-refractivity contribution in [3.8, 4) is 5.75 Å². The smallest absolute Gasteiger partial charge is 0.265 e. The Balaban J connectivity index is 2.09. The van der Waals surface area contributed by atoms with Crippen LogP contribution >= 0.6 is 11.6 Å². The summed E-state index contributed by atoms with van der Waals surface area (Å²) in [5.41, 5.74) is 1.24. The van der Waals surface area contributed by atoms with Gasteiger partial charge in [0.05, 0.1) is 12.8 Å². The lowest BCUT2D eigenvalue weighted by Gasteiger charge is -2.12. The Morgan fingerprint density at radius 1 is 1.26 bits per heavy atom. The normalized spacial score (nSPS) is 11.6. The van der Waals surface area contributed by atoms with Crippen molar-refractivity contribution in [3.05, 3.63) is 47.3 Å². The summed E-state index contributed by atoms with van der Waals surface area (Å²) < 4.78 is 38.4. The molecule has 1 aromatic heterocycles. The molecule has 0 aliphatic carbocycles. The lowest BCUT2D eigenvalue weighted by atomic mass is 10.3. The summed E-state index contributed by atoms with van der Waals surface area (Å²) in [6.07, 6.45) is 0. The summed E-state index contributed by atoms with van der Waals surface area (Å²) in [4.78, 5) is 4.12. The Morgan fingerprint density at radius 2 is 2.04 bits per heavy atom. The van der Waals surface area contributed by atoms with Crippen LogP contribution in [0.4, 0.5) is 5.69 Å². The predicted molar refractivity (Wildman–Crippen MR) is 87.6 cm³/mol. The van der Waals surface area contributed by atoms with Gasteiger partial charge in [-0.3, -0.25) is 4.72 Å². The molecule has 0 fully saturated rings. The van der Waals surface area contributed by atoms with E-state index in [2.05, 4.69) is 9.71 Å². The number of fused-ring (bicyclic) bond motifs is 1. The zero-order valence-electron chi connectivity index (χ0n) is 12.3. The molecule has 0 atom stereocenters. The summed E-state index contributed by atoms with van der Waals surface area (Å²) in [5.74, 6) is 0.648. The summed E-state index contributed by atoms with van der Waals surface area (Å²) in [5, 5.41) is 0.292. The zero-order valence-corrected chi connectivity index (χ0v) is 13.9. The van der Waals surface area contributed by atoms with E-state index in [0.717, 1.165) is 0 Å². The van der Waals surface area contributed by atoms with E-state index in [1.165, 1.54) is 19.2 Å². The number of para-hydroxylation sites is 1. The molecule has 6 nitrogen and oxygen atoms in total. The molecule has 1 heterocycles. The predicted octanol–water partition coefficient (Wildman–Crippen LogP) is 3.60. The monoisotopic (exact) mass is 352 g/mol. The Labute approximate surface area is 138 Å². The number of benzene rings is 2. The number of ether oxygens (including phenoxy) is 1. The second kappa shape index (κ2) is 5.75.